The van der Waals surface area contributed by atoms with Crippen molar-refractivity contribution in [3.05, 3.63) is 60.2 Å². The minimum absolute atomic E-state index is 0.215. The number of fused-ring (bicyclic) bond motifs is 1. The van der Waals surface area contributed by atoms with Crippen molar-refractivity contribution in [2.75, 3.05) is 27.1 Å². The molecule has 4 aliphatic carbocycles. The van der Waals surface area contributed by atoms with Crippen LogP contribution in [-0.4, -0.2) is 33.1 Å². The maximum absolute atomic E-state index is 11.3. The highest BCUT2D eigenvalue weighted by atomic mass is 16.7. The van der Waals surface area contributed by atoms with Gasteiger partial charge in [-0.15, -0.1) is 0 Å². The normalized spacial score (nSPS) is 25.9. The van der Waals surface area contributed by atoms with E-state index < -0.39 is 0 Å². The number of esters is 1. The molecule has 0 heterocycles. The van der Waals surface area contributed by atoms with E-state index in [1.54, 1.807) is 7.11 Å². The van der Waals surface area contributed by atoms with Crippen molar-refractivity contribution in [3.63, 3.8) is 0 Å². The van der Waals surface area contributed by atoms with Gasteiger partial charge in [-0.1, -0.05) is 24.3 Å². The van der Waals surface area contributed by atoms with Gasteiger partial charge < -0.3 is 18.9 Å². The number of carbonyl (C=O) groups is 1. The number of ether oxygens (including phenoxy) is 4. The molecule has 0 N–H and O–H groups in total. The number of rotatable bonds is 9. The molecule has 3 aromatic carbocycles. The van der Waals surface area contributed by atoms with Gasteiger partial charge in [0.1, 0.15) is 11.5 Å². The van der Waals surface area contributed by atoms with E-state index in [1.807, 2.05) is 24.3 Å². The van der Waals surface area contributed by atoms with Gasteiger partial charge in [-0.2, -0.15) is 0 Å². The average Bonchev–Trinajstić information content (AvgIpc) is 2.87. The quantitative estimate of drug-likeness (QED) is 0.138. The Morgan fingerprint density at radius 1 is 0.838 bits per heavy atom. The molecule has 37 heavy (non-hydrogen) atoms. The molecule has 0 spiro atoms. The first-order chi connectivity index (χ1) is 18.0. The predicted octanol–water partition coefficient (Wildman–Crippen LogP) is 6.90. The van der Waals surface area contributed by atoms with E-state index in [0.717, 1.165) is 34.6 Å². The number of carbonyl (C=O) groups excluding carboxylic acids is 1. The van der Waals surface area contributed by atoms with Gasteiger partial charge >= 0.3 is 5.97 Å². The van der Waals surface area contributed by atoms with Crippen molar-refractivity contribution in [3.8, 4) is 22.6 Å². The summed E-state index contributed by atoms with van der Waals surface area (Å²) in [6.07, 6.45) is 8.08. The molecule has 0 radical (unpaired) electrons. The minimum atomic E-state index is -0.308. The lowest BCUT2D eigenvalue weighted by Gasteiger charge is -2.57. The van der Waals surface area contributed by atoms with Crippen LogP contribution in [0.2, 0.25) is 0 Å². The second kappa shape index (κ2) is 10.1. The van der Waals surface area contributed by atoms with Crippen LogP contribution in [0.25, 0.3) is 21.9 Å². The van der Waals surface area contributed by atoms with E-state index >= 15 is 0 Å². The van der Waals surface area contributed by atoms with Gasteiger partial charge in [-0.05, 0) is 114 Å². The molecule has 0 aliphatic heterocycles. The van der Waals surface area contributed by atoms with E-state index in [-0.39, 0.29) is 18.2 Å². The zero-order valence-corrected chi connectivity index (χ0v) is 21.8. The van der Waals surface area contributed by atoms with Gasteiger partial charge in [-0.25, -0.2) is 0 Å². The first-order valence-electron chi connectivity index (χ1n) is 13.6. The van der Waals surface area contributed by atoms with Crippen LogP contribution in [0.1, 0.15) is 51.0 Å². The van der Waals surface area contributed by atoms with Gasteiger partial charge in [0.2, 0.25) is 0 Å². The highest BCUT2D eigenvalue weighted by Crippen LogP contribution is 2.62. The molecule has 4 aliphatic rings. The standard InChI is InChI=1S/C32H36O5/c1-21(33)37-29-7-5-25(6-8-29)26-3-4-27-16-31(36-20-35-10-9-34-2)30(15-28(27)14-26)32-17-22-11-23(18-32)13-24(12-22)19-32/h3-8,14-16,22-24H,9-13,17-20H2,1-2H3. The fourth-order valence-electron chi connectivity index (χ4n) is 7.62. The van der Waals surface area contributed by atoms with Crippen molar-refractivity contribution in [1.29, 1.82) is 0 Å². The second-order valence-corrected chi connectivity index (χ2v) is 11.4. The summed E-state index contributed by atoms with van der Waals surface area (Å²) in [6, 6.07) is 18.9. The van der Waals surface area contributed by atoms with Crippen molar-refractivity contribution < 1.29 is 23.7 Å². The first kappa shape index (κ1) is 24.4. The van der Waals surface area contributed by atoms with Crippen molar-refractivity contribution in [1.82, 2.24) is 0 Å². The Morgan fingerprint density at radius 2 is 1.51 bits per heavy atom. The maximum Gasteiger partial charge on any atom is 0.308 e. The Kier molecular flexibility index (Phi) is 6.68. The summed E-state index contributed by atoms with van der Waals surface area (Å²) in [6.45, 7) is 2.74. The molecule has 0 amide bonds. The number of hydrogen-bond acceptors (Lipinski definition) is 5. The van der Waals surface area contributed by atoms with Gasteiger partial charge in [-0.3, -0.25) is 4.79 Å². The van der Waals surface area contributed by atoms with Crippen molar-refractivity contribution in [2.24, 2.45) is 17.8 Å². The summed E-state index contributed by atoms with van der Waals surface area (Å²) >= 11 is 0. The smallest absolute Gasteiger partial charge is 0.308 e. The number of hydrogen-bond donors (Lipinski definition) is 0. The molecule has 5 heteroatoms. The van der Waals surface area contributed by atoms with E-state index in [2.05, 4.69) is 30.3 Å². The van der Waals surface area contributed by atoms with Crippen molar-refractivity contribution >= 4 is 16.7 Å². The highest BCUT2D eigenvalue weighted by molar-refractivity contribution is 5.89. The van der Waals surface area contributed by atoms with E-state index in [0.29, 0.717) is 19.0 Å². The van der Waals surface area contributed by atoms with Gasteiger partial charge in [0.25, 0.3) is 0 Å². The molecular weight excluding hydrogens is 464 g/mol. The third-order valence-corrected chi connectivity index (χ3v) is 8.73. The molecular formula is C32H36O5. The van der Waals surface area contributed by atoms with E-state index in [9.17, 15) is 4.79 Å². The van der Waals surface area contributed by atoms with Crippen molar-refractivity contribution in [2.45, 2.75) is 50.9 Å². The second-order valence-electron chi connectivity index (χ2n) is 11.4. The van der Waals surface area contributed by atoms with E-state index in [1.165, 1.54) is 61.8 Å². The van der Waals surface area contributed by atoms with Crippen LogP contribution < -0.4 is 9.47 Å². The average molecular weight is 501 g/mol. The summed E-state index contributed by atoms with van der Waals surface area (Å²) < 4.78 is 22.3. The van der Waals surface area contributed by atoms with E-state index in [4.69, 9.17) is 18.9 Å². The third kappa shape index (κ3) is 4.99. The fourth-order valence-corrected chi connectivity index (χ4v) is 7.62. The Bertz CT molecular complexity index is 1240. The molecule has 4 saturated carbocycles. The molecule has 3 aromatic rings. The summed E-state index contributed by atoms with van der Waals surface area (Å²) in [5, 5.41) is 2.40. The molecule has 0 aromatic heterocycles. The Balaban J connectivity index is 1.35. The molecule has 4 bridgehead atoms. The van der Waals surface area contributed by atoms with Gasteiger partial charge in [0, 0.05) is 19.6 Å². The predicted molar refractivity (Wildman–Crippen MR) is 144 cm³/mol. The monoisotopic (exact) mass is 500 g/mol. The topological polar surface area (TPSA) is 54.0 Å². The fraction of sp³-hybridized carbons (Fsp3) is 0.469. The van der Waals surface area contributed by atoms with Crippen LogP contribution in [0.15, 0.2) is 54.6 Å². The Hall–Kier alpha value is -2.89. The summed E-state index contributed by atoms with van der Waals surface area (Å²) in [4.78, 5) is 11.3. The van der Waals surface area contributed by atoms with Crippen LogP contribution in [0.5, 0.6) is 11.5 Å². The maximum atomic E-state index is 11.3. The molecule has 7 rings (SSSR count). The molecule has 0 unspecified atom stereocenters. The van der Waals surface area contributed by atoms with Crippen LogP contribution in [0.3, 0.4) is 0 Å². The lowest BCUT2D eigenvalue weighted by Crippen LogP contribution is -2.48. The zero-order valence-electron chi connectivity index (χ0n) is 21.8. The summed E-state index contributed by atoms with van der Waals surface area (Å²) in [5.74, 6) is 3.80. The zero-order chi connectivity index (χ0) is 25.4. The highest BCUT2D eigenvalue weighted by Gasteiger charge is 2.52. The third-order valence-electron chi connectivity index (χ3n) is 8.73. The van der Waals surface area contributed by atoms with Crippen LogP contribution >= 0.6 is 0 Å². The molecule has 194 valence electrons. The SMILES string of the molecule is COCCOCOc1cc2ccc(-c3ccc(OC(C)=O)cc3)cc2cc1C12CC3CC(CC(C3)C1)C2. The van der Waals surface area contributed by atoms with Gasteiger partial charge in [0.05, 0.1) is 13.2 Å². The number of benzene rings is 3. The van der Waals surface area contributed by atoms with Crippen LogP contribution in [0.4, 0.5) is 0 Å². The first-order valence-corrected chi connectivity index (χ1v) is 13.6. The Labute approximate surface area is 219 Å². The lowest BCUT2D eigenvalue weighted by molar-refractivity contribution is -0.131. The lowest BCUT2D eigenvalue weighted by atomic mass is 9.48. The Morgan fingerprint density at radius 3 is 2.16 bits per heavy atom. The summed E-state index contributed by atoms with van der Waals surface area (Å²) in [7, 11) is 1.68. The molecule has 0 saturated heterocycles. The summed E-state index contributed by atoms with van der Waals surface area (Å²) in [5.41, 5.74) is 3.83. The van der Waals surface area contributed by atoms with Crippen LogP contribution in [0, 0.1) is 17.8 Å². The van der Waals surface area contributed by atoms with Gasteiger partial charge in [0.15, 0.2) is 6.79 Å². The van der Waals surface area contributed by atoms with Crippen LogP contribution in [-0.2, 0) is 19.7 Å². The largest absolute Gasteiger partial charge is 0.467 e. The molecule has 0 atom stereocenters. The minimum Gasteiger partial charge on any atom is -0.467 e. The molecule has 5 nitrogen and oxygen atoms in total. The number of methoxy groups -OCH3 is 1. The molecule has 4 fully saturated rings.